The highest BCUT2D eigenvalue weighted by Crippen LogP contribution is 2.34. The Balaban J connectivity index is 4.75. The smallest absolute Gasteiger partial charge is 0.116 e. The largest absolute Gasteiger partial charge is 0.359 e. The maximum Gasteiger partial charge on any atom is 0.116 e. The molecule has 0 aliphatic carbocycles. The Hall–Kier alpha value is 0.394. The molecule has 0 saturated heterocycles. The minimum atomic E-state index is -1.28. The van der Waals surface area contributed by atoms with E-state index in [0.29, 0.717) is 0 Å². The first-order chi connectivity index (χ1) is 7.44. The van der Waals surface area contributed by atoms with Gasteiger partial charge in [0, 0.05) is 0 Å². The van der Waals surface area contributed by atoms with Crippen LogP contribution in [0.25, 0.3) is 0 Å². The second-order valence-electron chi connectivity index (χ2n) is 8.05. The van der Waals surface area contributed by atoms with Gasteiger partial charge in [-0.25, -0.2) is 0 Å². The molecule has 0 aromatic heterocycles. The molecule has 0 aromatic carbocycles. The fourth-order valence-corrected chi connectivity index (χ4v) is 13.6. The van der Waals surface area contributed by atoms with Crippen molar-refractivity contribution < 1.29 is 0 Å². The summed E-state index contributed by atoms with van der Waals surface area (Å²) in [6, 6.07) is 0. The average Bonchev–Trinajstić information content (AvgIpc) is 1.95. The van der Waals surface area contributed by atoms with E-state index in [1.54, 1.807) is 0 Å². The molecule has 0 spiro atoms. The fourth-order valence-electron chi connectivity index (χ4n) is 2.89. The van der Waals surface area contributed by atoms with Crippen molar-refractivity contribution in [2.45, 2.75) is 78.8 Å². The van der Waals surface area contributed by atoms with Gasteiger partial charge in [-0.05, 0) is 30.2 Å². The van der Waals surface area contributed by atoms with Crippen molar-refractivity contribution >= 4 is 16.5 Å². The summed E-state index contributed by atoms with van der Waals surface area (Å²) in [4.78, 5) is 0. The number of nitrogens with one attached hydrogen (secondary N) is 1. The van der Waals surface area contributed by atoms with Crippen molar-refractivity contribution in [3.8, 4) is 0 Å². The van der Waals surface area contributed by atoms with Crippen LogP contribution in [0.4, 0.5) is 0 Å². The lowest BCUT2D eigenvalue weighted by atomic mass is 10.0. The normalized spacial score (nSPS) is 14.1. The van der Waals surface area contributed by atoms with Crippen molar-refractivity contribution in [3.63, 3.8) is 0 Å². The standard InChI is InChI=1S/C14H35NSi2/c1-12(2)10-14(11-13(3)4)17(8,9)15-16(5,6)7/h12-15H,10-11H2,1-9H3. The molecule has 0 aromatic rings. The molecule has 0 fully saturated rings. The Bertz CT molecular complexity index is 207. The topological polar surface area (TPSA) is 12.0 Å². The van der Waals surface area contributed by atoms with Gasteiger partial charge < -0.3 is 4.65 Å². The van der Waals surface area contributed by atoms with E-state index in [9.17, 15) is 0 Å². The monoisotopic (exact) mass is 273 g/mol. The highest BCUT2D eigenvalue weighted by Gasteiger charge is 2.35. The molecular weight excluding hydrogens is 238 g/mol. The van der Waals surface area contributed by atoms with Gasteiger partial charge in [-0.3, -0.25) is 0 Å². The van der Waals surface area contributed by atoms with Gasteiger partial charge in [-0.15, -0.1) is 0 Å². The highest BCUT2D eigenvalue weighted by molar-refractivity contribution is 6.91. The second-order valence-corrected chi connectivity index (χ2v) is 17.8. The Morgan fingerprint density at radius 1 is 0.765 bits per heavy atom. The predicted octanol–water partition coefficient (Wildman–Crippen LogP) is 5.08. The van der Waals surface area contributed by atoms with Crippen molar-refractivity contribution in [1.29, 1.82) is 0 Å². The Labute approximate surface area is 112 Å². The van der Waals surface area contributed by atoms with Gasteiger partial charge in [0.2, 0.25) is 0 Å². The lowest BCUT2D eigenvalue weighted by Crippen LogP contribution is -2.60. The van der Waals surface area contributed by atoms with E-state index in [-0.39, 0.29) is 0 Å². The van der Waals surface area contributed by atoms with Crippen LogP contribution in [-0.2, 0) is 0 Å². The zero-order chi connectivity index (χ0) is 13.9. The molecule has 17 heavy (non-hydrogen) atoms. The van der Waals surface area contributed by atoms with Gasteiger partial charge in [0.15, 0.2) is 0 Å². The molecule has 0 rings (SSSR count). The van der Waals surface area contributed by atoms with Crippen LogP contribution in [0.15, 0.2) is 0 Å². The number of hydrogen-bond donors (Lipinski definition) is 1. The summed E-state index contributed by atoms with van der Waals surface area (Å²) in [5.41, 5.74) is 0.925. The van der Waals surface area contributed by atoms with E-state index < -0.39 is 16.5 Å². The molecule has 0 heterocycles. The summed E-state index contributed by atoms with van der Waals surface area (Å²) in [5, 5.41) is 0. The molecule has 0 amide bonds. The second kappa shape index (κ2) is 6.53. The van der Waals surface area contributed by atoms with Crippen LogP contribution in [-0.4, -0.2) is 16.5 Å². The summed E-state index contributed by atoms with van der Waals surface area (Å²) >= 11 is 0. The van der Waals surface area contributed by atoms with Gasteiger partial charge in [0.1, 0.15) is 16.5 Å². The third-order valence-electron chi connectivity index (χ3n) is 3.23. The Kier molecular flexibility index (Phi) is 6.68. The molecule has 0 atom stereocenters. The van der Waals surface area contributed by atoms with Crippen LogP contribution in [0.1, 0.15) is 40.5 Å². The van der Waals surface area contributed by atoms with Crippen molar-refractivity contribution in [2.24, 2.45) is 11.8 Å². The third-order valence-corrected chi connectivity index (χ3v) is 11.3. The molecular formula is C14H35NSi2. The van der Waals surface area contributed by atoms with E-state index >= 15 is 0 Å². The maximum absolute atomic E-state index is 4.08. The van der Waals surface area contributed by atoms with Crippen molar-refractivity contribution in [3.05, 3.63) is 0 Å². The summed E-state index contributed by atoms with van der Waals surface area (Å²) in [6.07, 6.45) is 2.80. The first-order valence-corrected chi connectivity index (χ1v) is 13.8. The highest BCUT2D eigenvalue weighted by atomic mass is 28.4. The van der Waals surface area contributed by atoms with Gasteiger partial charge >= 0.3 is 0 Å². The van der Waals surface area contributed by atoms with Gasteiger partial charge in [-0.2, -0.15) is 0 Å². The molecule has 3 heteroatoms. The molecule has 0 unspecified atom stereocenters. The Morgan fingerprint density at radius 2 is 1.12 bits per heavy atom. The molecule has 0 radical (unpaired) electrons. The van der Waals surface area contributed by atoms with Crippen LogP contribution in [0.2, 0.25) is 38.3 Å². The van der Waals surface area contributed by atoms with E-state index in [2.05, 4.69) is 65.1 Å². The summed E-state index contributed by atoms with van der Waals surface area (Å²) in [5.74, 6) is 1.66. The van der Waals surface area contributed by atoms with Crippen LogP contribution in [0, 0.1) is 11.8 Å². The van der Waals surface area contributed by atoms with Gasteiger partial charge in [-0.1, -0.05) is 60.4 Å². The molecule has 0 aliphatic rings. The maximum atomic E-state index is 4.08. The summed E-state index contributed by atoms with van der Waals surface area (Å²) in [6.45, 7) is 21.9. The fraction of sp³-hybridized carbons (Fsp3) is 1.00. The van der Waals surface area contributed by atoms with Crippen LogP contribution >= 0.6 is 0 Å². The SMILES string of the molecule is CC(C)CC(CC(C)C)[Si](C)(C)N[Si](C)(C)C. The Morgan fingerprint density at radius 3 is 1.35 bits per heavy atom. The van der Waals surface area contributed by atoms with Crippen molar-refractivity contribution in [2.75, 3.05) is 0 Å². The summed E-state index contributed by atoms with van der Waals surface area (Å²) < 4.78 is 4.08. The first kappa shape index (κ1) is 17.4. The molecule has 0 bridgehead atoms. The predicted molar refractivity (Wildman–Crippen MR) is 86.6 cm³/mol. The minimum Gasteiger partial charge on any atom is -0.359 e. The first-order valence-electron chi connectivity index (χ1n) is 7.23. The van der Waals surface area contributed by atoms with Crippen LogP contribution < -0.4 is 4.65 Å². The molecule has 0 saturated carbocycles. The third kappa shape index (κ3) is 8.17. The van der Waals surface area contributed by atoms with E-state index in [1.807, 2.05) is 0 Å². The van der Waals surface area contributed by atoms with Gasteiger partial charge in [0.25, 0.3) is 0 Å². The zero-order valence-electron chi connectivity index (χ0n) is 13.6. The molecule has 1 nitrogen and oxygen atoms in total. The number of rotatable bonds is 7. The minimum absolute atomic E-state index is 0.828. The zero-order valence-corrected chi connectivity index (χ0v) is 15.6. The van der Waals surface area contributed by atoms with Gasteiger partial charge in [0.05, 0.1) is 0 Å². The average molecular weight is 274 g/mol. The molecule has 0 aliphatic heterocycles. The van der Waals surface area contributed by atoms with E-state index in [4.69, 9.17) is 0 Å². The van der Waals surface area contributed by atoms with E-state index in [1.165, 1.54) is 12.8 Å². The molecule has 1 N–H and O–H groups in total. The lowest BCUT2D eigenvalue weighted by molar-refractivity contribution is 0.467. The van der Waals surface area contributed by atoms with Crippen LogP contribution in [0.5, 0.6) is 0 Å². The van der Waals surface area contributed by atoms with E-state index in [0.717, 1.165) is 17.4 Å². The quantitative estimate of drug-likeness (QED) is 0.638. The number of hydrogen-bond acceptors (Lipinski definition) is 1. The molecule has 104 valence electrons. The van der Waals surface area contributed by atoms with Crippen LogP contribution in [0.3, 0.4) is 0 Å². The van der Waals surface area contributed by atoms with Crippen molar-refractivity contribution in [1.82, 2.24) is 4.65 Å². The lowest BCUT2D eigenvalue weighted by Gasteiger charge is -2.40. The summed E-state index contributed by atoms with van der Waals surface area (Å²) in [7, 11) is -2.43.